The molecule has 5 heteroatoms. The largest absolute Gasteiger partial charge is 0.380 e. The number of likely N-dealkylation sites (tertiary alicyclic amines) is 2. The Balaban J connectivity index is 1.58. The monoisotopic (exact) mass is 322 g/mol. The lowest BCUT2D eigenvalue weighted by Gasteiger charge is -2.45. The number of thiophene rings is 1. The van der Waals surface area contributed by atoms with E-state index in [2.05, 4.69) is 18.9 Å². The summed E-state index contributed by atoms with van der Waals surface area (Å²) in [6, 6.07) is 2.47. The lowest BCUT2D eigenvalue weighted by molar-refractivity contribution is 0.0211. The quantitative estimate of drug-likeness (QED) is 0.854. The van der Waals surface area contributed by atoms with Crippen molar-refractivity contribution in [2.45, 2.75) is 44.2 Å². The summed E-state index contributed by atoms with van der Waals surface area (Å²) in [7, 11) is 2.24. The molecule has 2 aliphatic heterocycles. The summed E-state index contributed by atoms with van der Waals surface area (Å²) in [6.07, 6.45) is 4.63. The van der Waals surface area contributed by atoms with Gasteiger partial charge in [0.05, 0.1) is 12.2 Å². The molecule has 2 saturated heterocycles. The molecule has 0 bridgehead atoms. The van der Waals surface area contributed by atoms with E-state index in [4.69, 9.17) is 4.74 Å². The van der Waals surface area contributed by atoms with Crippen LogP contribution in [-0.4, -0.2) is 60.6 Å². The number of hydrogen-bond acceptors (Lipinski definition) is 4. The molecule has 1 aromatic heterocycles. The molecule has 3 heterocycles. The Morgan fingerprint density at radius 2 is 2.18 bits per heavy atom. The van der Waals surface area contributed by atoms with E-state index in [1.807, 2.05) is 21.7 Å². The molecule has 3 rings (SSSR count). The maximum Gasteiger partial charge on any atom is 0.254 e. The first kappa shape index (κ1) is 16.0. The lowest BCUT2D eigenvalue weighted by atomic mass is 9.85. The maximum atomic E-state index is 12.5. The van der Waals surface area contributed by atoms with Gasteiger partial charge in [0, 0.05) is 36.7 Å². The van der Waals surface area contributed by atoms with Crippen molar-refractivity contribution in [2.75, 3.05) is 33.4 Å². The van der Waals surface area contributed by atoms with E-state index >= 15 is 0 Å². The van der Waals surface area contributed by atoms with E-state index in [1.54, 1.807) is 11.3 Å². The van der Waals surface area contributed by atoms with Gasteiger partial charge in [0.15, 0.2) is 0 Å². The molecule has 2 aliphatic rings. The first-order chi connectivity index (χ1) is 10.7. The van der Waals surface area contributed by atoms with Gasteiger partial charge in [-0.1, -0.05) is 0 Å². The smallest absolute Gasteiger partial charge is 0.254 e. The average Bonchev–Trinajstić information content (AvgIpc) is 3.17. The molecule has 0 aromatic carbocycles. The maximum absolute atomic E-state index is 12.5. The summed E-state index contributed by atoms with van der Waals surface area (Å²) < 4.78 is 5.63. The SMILES string of the molecule is CCOC[C@H]1CCC2(CCN(C(=O)c3ccsc3)CC2)N1C. The Hall–Kier alpha value is -0.910. The third-order valence-corrected chi connectivity index (χ3v) is 6.19. The van der Waals surface area contributed by atoms with Gasteiger partial charge in [-0.3, -0.25) is 9.69 Å². The number of carbonyl (C=O) groups is 1. The third kappa shape index (κ3) is 2.94. The van der Waals surface area contributed by atoms with Gasteiger partial charge in [-0.05, 0) is 51.1 Å². The second-order valence-corrected chi connectivity index (χ2v) is 7.27. The van der Waals surface area contributed by atoms with Crippen molar-refractivity contribution in [1.29, 1.82) is 0 Å². The van der Waals surface area contributed by atoms with Crippen LogP contribution in [0.1, 0.15) is 43.0 Å². The van der Waals surface area contributed by atoms with Gasteiger partial charge >= 0.3 is 0 Å². The topological polar surface area (TPSA) is 32.8 Å². The second-order valence-electron chi connectivity index (χ2n) is 6.49. The van der Waals surface area contributed by atoms with E-state index in [0.717, 1.165) is 44.7 Å². The first-order valence-electron chi connectivity index (χ1n) is 8.28. The van der Waals surface area contributed by atoms with Gasteiger partial charge in [0.2, 0.25) is 0 Å². The molecule has 4 nitrogen and oxygen atoms in total. The molecule has 0 N–H and O–H groups in total. The van der Waals surface area contributed by atoms with Crippen molar-refractivity contribution >= 4 is 17.2 Å². The van der Waals surface area contributed by atoms with Crippen molar-refractivity contribution in [1.82, 2.24) is 9.80 Å². The average molecular weight is 322 g/mol. The van der Waals surface area contributed by atoms with E-state index in [9.17, 15) is 4.79 Å². The van der Waals surface area contributed by atoms with Crippen molar-refractivity contribution in [3.05, 3.63) is 22.4 Å². The Labute approximate surface area is 137 Å². The minimum absolute atomic E-state index is 0.197. The van der Waals surface area contributed by atoms with Crippen LogP contribution in [0.4, 0.5) is 0 Å². The van der Waals surface area contributed by atoms with Gasteiger partial charge in [-0.25, -0.2) is 0 Å². The van der Waals surface area contributed by atoms with Gasteiger partial charge in [0.25, 0.3) is 5.91 Å². The summed E-state index contributed by atoms with van der Waals surface area (Å²) in [5.41, 5.74) is 1.13. The van der Waals surface area contributed by atoms with Gasteiger partial charge in [-0.2, -0.15) is 11.3 Å². The fraction of sp³-hybridized carbons (Fsp3) is 0.706. The zero-order valence-corrected chi connectivity index (χ0v) is 14.4. The summed E-state index contributed by atoms with van der Waals surface area (Å²) in [4.78, 5) is 17.0. The number of hydrogen-bond donors (Lipinski definition) is 0. The van der Waals surface area contributed by atoms with E-state index < -0.39 is 0 Å². The molecule has 0 unspecified atom stereocenters. The van der Waals surface area contributed by atoms with Crippen LogP contribution in [0.5, 0.6) is 0 Å². The molecule has 0 radical (unpaired) electrons. The molecule has 122 valence electrons. The normalized spacial score (nSPS) is 25.0. The number of piperidine rings is 1. The summed E-state index contributed by atoms with van der Waals surface area (Å²) in [5.74, 6) is 0.197. The van der Waals surface area contributed by atoms with Crippen LogP contribution in [0.2, 0.25) is 0 Å². The predicted octanol–water partition coefficient (Wildman–Crippen LogP) is 2.85. The minimum atomic E-state index is 0.197. The minimum Gasteiger partial charge on any atom is -0.380 e. The van der Waals surface area contributed by atoms with E-state index in [0.29, 0.717) is 6.04 Å². The highest BCUT2D eigenvalue weighted by Crippen LogP contribution is 2.40. The highest BCUT2D eigenvalue weighted by molar-refractivity contribution is 7.08. The number of ether oxygens (including phenoxy) is 1. The molecule has 1 atom stereocenters. The highest BCUT2D eigenvalue weighted by Gasteiger charge is 2.46. The lowest BCUT2D eigenvalue weighted by Crippen LogP contribution is -2.54. The second kappa shape index (κ2) is 6.69. The first-order valence-corrected chi connectivity index (χ1v) is 9.23. The zero-order valence-electron chi connectivity index (χ0n) is 13.6. The molecule has 1 amide bonds. The number of carbonyl (C=O) groups excluding carboxylic acids is 1. The third-order valence-electron chi connectivity index (χ3n) is 5.50. The van der Waals surface area contributed by atoms with Crippen molar-refractivity contribution < 1.29 is 9.53 Å². The predicted molar refractivity (Wildman–Crippen MR) is 89.5 cm³/mol. The Bertz CT molecular complexity index is 495. The van der Waals surface area contributed by atoms with Crippen LogP contribution in [-0.2, 0) is 4.74 Å². The molecule has 0 aliphatic carbocycles. The fourth-order valence-electron chi connectivity index (χ4n) is 3.94. The number of nitrogens with zero attached hydrogens (tertiary/aromatic N) is 2. The molecule has 1 aromatic rings. The van der Waals surface area contributed by atoms with Crippen molar-refractivity contribution in [3.8, 4) is 0 Å². The van der Waals surface area contributed by atoms with Crippen LogP contribution in [0.15, 0.2) is 16.8 Å². The molecular weight excluding hydrogens is 296 g/mol. The Morgan fingerprint density at radius 3 is 2.82 bits per heavy atom. The standard InChI is InChI=1S/C17H26N2O2S/c1-3-21-12-15-4-6-17(18(15)2)7-9-19(10-8-17)16(20)14-5-11-22-13-14/h5,11,13,15H,3-4,6-10,12H2,1-2H3/t15-/m1/s1. The number of likely N-dealkylation sites (N-methyl/N-ethyl adjacent to an activating group) is 1. The van der Waals surface area contributed by atoms with E-state index in [1.165, 1.54) is 12.8 Å². The Morgan fingerprint density at radius 1 is 1.41 bits per heavy atom. The van der Waals surface area contributed by atoms with Crippen LogP contribution in [0.25, 0.3) is 0 Å². The molecule has 0 saturated carbocycles. The zero-order chi connectivity index (χ0) is 15.6. The summed E-state index contributed by atoms with van der Waals surface area (Å²) >= 11 is 1.59. The summed E-state index contributed by atoms with van der Waals surface area (Å²) in [6.45, 7) is 5.44. The number of amides is 1. The fourth-order valence-corrected chi connectivity index (χ4v) is 4.57. The van der Waals surface area contributed by atoms with Crippen LogP contribution in [0, 0.1) is 0 Å². The van der Waals surface area contributed by atoms with Crippen molar-refractivity contribution in [2.24, 2.45) is 0 Å². The van der Waals surface area contributed by atoms with Crippen LogP contribution >= 0.6 is 11.3 Å². The van der Waals surface area contributed by atoms with Gasteiger partial charge in [-0.15, -0.1) is 0 Å². The highest BCUT2D eigenvalue weighted by atomic mass is 32.1. The molecular formula is C17H26N2O2S. The Kier molecular flexibility index (Phi) is 4.85. The summed E-state index contributed by atoms with van der Waals surface area (Å²) in [5, 5.41) is 3.92. The number of rotatable bonds is 4. The van der Waals surface area contributed by atoms with Gasteiger partial charge < -0.3 is 9.64 Å². The van der Waals surface area contributed by atoms with Crippen LogP contribution in [0.3, 0.4) is 0 Å². The van der Waals surface area contributed by atoms with Crippen molar-refractivity contribution in [3.63, 3.8) is 0 Å². The van der Waals surface area contributed by atoms with E-state index in [-0.39, 0.29) is 11.4 Å². The van der Waals surface area contributed by atoms with Crippen LogP contribution < -0.4 is 0 Å². The molecule has 2 fully saturated rings. The molecule has 22 heavy (non-hydrogen) atoms. The van der Waals surface area contributed by atoms with Gasteiger partial charge in [0.1, 0.15) is 0 Å². The molecule has 1 spiro atoms.